The fourth-order valence-electron chi connectivity index (χ4n) is 4.38. The summed E-state index contributed by atoms with van der Waals surface area (Å²) >= 11 is 0. The molecule has 1 amide bonds. The minimum Gasteiger partial charge on any atom is -0.480 e. The van der Waals surface area contributed by atoms with Crippen molar-refractivity contribution in [1.82, 2.24) is 19.9 Å². The summed E-state index contributed by atoms with van der Waals surface area (Å²) in [5, 5.41) is 13.6. The molecule has 1 atom stereocenters. The van der Waals surface area contributed by atoms with E-state index < -0.39 is 12.0 Å². The number of carbonyl (C=O) groups is 2. The molecule has 1 aliphatic carbocycles. The first-order chi connectivity index (χ1) is 12.5. The van der Waals surface area contributed by atoms with Crippen molar-refractivity contribution in [3.63, 3.8) is 0 Å². The second-order valence-electron chi connectivity index (χ2n) is 8.02. The molecule has 2 aliphatic heterocycles. The van der Waals surface area contributed by atoms with Crippen molar-refractivity contribution in [2.75, 3.05) is 19.6 Å². The van der Waals surface area contributed by atoms with Crippen LogP contribution in [0.15, 0.2) is 4.52 Å². The number of piperidine rings is 1. The van der Waals surface area contributed by atoms with Crippen LogP contribution in [0.25, 0.3) is 0 Å². The van der Waals surface area contributed by atoms with Gasteiger partial charge in [0.25, 0.3) is 0 Å². The lowest BCUT2D eigenvalue weighted by atomic mass is 9.76. The van der Waals surface area contributed by atoms with E-state index in [0.29, 0.717) is 43.6 Å². The van der Waals surface area contributed by atoms with Gasteiger partial charge in [-0.2, -0.15) is 4.98 Å². The van der Waals surface area contributed by atoms with Crippen molar-refractivity contribution in [3.8, 4) is 0 Å². The molecule has 1 saturated carbocycles. The summed E-state index contributed by atoms with van der Waals surface area (Å²) in [6, 6.07) is -0.530. The Labute approximate surface area is 152 Å². The van der Waals surface area contributed by atoms with Crippen molar-refractivity contribution < 1.29 is 19.2 Å². The molecule has 142 valence electrons. The van der Waals surface area contributed by atoms with E-state index in [-0.39, 0.29) is 11.3 Å². The van der Waals surface area contributed by atoms with Crippen LogP contribution in [0, 0.1) is 11.3 Å². The molecule has 26 heavy (non-hydrogen) atoms. The van der Waals surface area contributed by atoms with Gasteiger partial charge in [0.1, 0.15) is 6.04 Å². The van der Waals surface area contributed by atoms with E-state index in [1.54, 1.807) is 0 Å². The lowest BCUT2D eigenvalue weighted by molar-refractivity contribution is -0.142. The van der Waals surface area contributed by atoms with Gasteiger partial charge < -0.3 is 14.5 Å². The lowest BCUT2D eigenvalue weighted by Crippen LogP contribution is -2.44. The fraction of sp³-hybridized carbons (Fsp3) is 0.778. The Kier molecular flexibility index (Phi) is 4.46. The highest BCUT2D eigenvalue weighted by Gasteiger charge is 2.49. The maximum Gasteiger partial charge on any atom is 0.320 e. The number of amides is 1. The highest BCUT2D eigenvalue weighted by atomic mass is 16.5. The smallest absolute Gasteiger partial charge is 0.320 e. The van der Waals surface area contributed by atoms with Crippen molar-refractivity contribution in [1.29, 1.82) is 0 Å². The quantitative estimate of drug-likeness (QED) is 0.843. The van der Waals surface area contributed by atoms with E-state index in [2.05, 4.69) is 10.1 Å². The molecule has 1 spiro atoms. The van der Waals surface area contributed by atoms with Gasteiger partial charge >= 0.3 is 5.97 Å². The fourth-order valence-corrected chi connectivity index (χ4v) is 4.38. The molecular weight excluding hydrogens is 336 g/mol. The van der Waals surface area contributed by atoms with Gasteiger partial charge in [0.05, 0.1) is 6.54 Å². The summed E-state index contributed by atoms with van der Waals surface area (Å²) in [7, 11) is 0. The zero-order valence-electron chi connectivity index (χ0n) is 15.2. The molecule has 8 heteroatoms. The largest absolute Gasteiger partial charge is 0.480 e. The predicted molar refractivity (Wildman–Crippen MR) is 91.1 cm³/mol. The third-order valence-corrected chi connectivity index (χ3v) is 6.12. The zero-order chi connectivity index (χ0) is 18.3. The van der Waals surface area contributed by atoms with Crippen LogP contribution >= 0.6 is 0 Å². The van der Waals surface area contributed by atoms with Crippen molar-refractivity contribution in [2.45, 2.75) is 58.0 Å². The van der Waals surface area contributed by atoms with E-state index in [1.807, 2.05) is 16.7 Å². The van der Waals surface area contributed by atoms with E-state index in [4.69, 9.17) is 4.52 Å². The highest BCUT2D eigenvalue weighted by Crippen LogP contribution is 2.44. The number of likely N-dealkylation sites (tertiary alicyclic amines) is 2. The zero-order valence-corrected chi connectivity index (χ0v) is 15.2. The number of aryl methyl sites for hydroxylation is 1. The normalized spacial score (nSPS) is 25.7. The van der Waals surface area contributed by atoms with E-state index >= 15 is 0 Å². The van der Waals surface area contributed by atoms with Gasteiger partial charge in [-0.3, -0.25) is 14.5 Å². The van der Waals surface area contributed by atoms with Crippen LogP contribution in [0.4, 0.5) is 0 Å². The Bertz CT molecular complexity index is 691. The number of rotatable bonds is 5. The Morgan fingerprint density at radius 2 is 2.04 bits per heavy atom. The molecule has 0 bridgehead atoms. The molecule has 3 aliphatic rings. The molecule has 8 nitrogen and oxygen atoms in total. The summed E-state index contributed by atoms with van der Waals surface area (Å²) in [6.07, 6.45) is 5.12. The Balaban J connectivity index is 1.42. The minimum atomic E-state index is -0.798. The molecule has 2 saturated heterocycles. The molecule has 3 heterocycles. The Morgan fingerprint density at radius 1 is 1.31 bits per heavy atom. The number of nitrogens with zero attached hydrogens (tertiary/aromatic N) is 4. The van der Waals surface area contributed by atoms with E-state index in [9.17, 15) is 14.7 Å². The van der Waals surface area contributed by atoms with Crippen molar-refractivity contribution in [3.05, 3.63) is 11.7 Å². The number of carboxylic acids is 1. The molecule has 1 N–H and O–H groups in total. The Hall–Kier alpha value is -1.96. The van der Waals surface area contributed by atoms with Crippen LogP contribution in [-0.4, -0.2) is 62.6 Å². The Morgan fingerprint density at radius 3 is 2.62 bits per heavy atom. The predicted octanol–water partition coefficient (Wildman–Crippen LogP) is 1.31. The number of aliphatic carboxylic acids is 1. The van der Waals surface area contributed by atoms with Crippen LogP contribution in [0.2, 0.25) is 0 Å². The molecule has 3 fully saturated rings. The summed E-state index contributed by atoms with van der Waals surface area (Å²) in [5.74, 6) is 0.872. The van der Waals surface area contributed by atoms with Crippen LogP contribution < -0.4 is 0 Å². The first-order valence-corrected chi connectivity index (χ1v) is 9.57. The molecular formula is C18H26N4O4. The van der Waals surface area contributed by atoms with Gasteiger partial charge in [-0.15, -0.1) is 0 Å². The summed E-state index contributed by atoms with van der Waals surface area (Å²) in [4.78, 5) is 32.3. The highest BCUT2D eigenvalue weighted by molar-refractivity contribution is 5.81. The first-order valence-electron chi connectivity index (χ1n) is 9.57. The average molecular weight is 362 g/mol. The summed E-state index contributed by atoms with van der Waals surface area (Å²) in [6.45, 7) is 4.53. The van der Waals surface area contributed by atoms with Crippen molar-refractivity contribution >= 4 is 11.9 Å². The van der Waals surface area contributed by atoms with Gasteiger partial charge in [-0.05, 0) is 37.5 Å². The van der Waals surface area contributed by atoms with Gasteiger partial charge in [0, 0.05) is 32.0 Å². The third kappa shape index (κ3) is 3.34. The van der Waals surface area contributed by atoms with Crippen LogP contribution in [-0.2, 0) is 22.6 Å². The topological polar surface area (TPSA) is 99.8 Å². The second-order valence-corrected chi connectivity index (χ2v) is 8.02. The molecule has 1 aromatic heterocycles. The van der Waals surface area contributed by atoms with E-state index in [1.165, 1.54) is 0 Å². The molecule has 4 rings (SSSR count). The summed E-state index contributed by atoms with van der Waals surface area (Å²) < 4.78 is 5.25. The number of carbonyl (C=O) groups excluding carboxylic acids is 1. The molecule has 1 aromatic rings. The third-order valence-electron chi connectivity index (χ3n) is 6.12. The number of hydrogen-bond acceptors (Lipinski definition) is 6. The maximum atomic E-state index is 12.3. The van der Waals surface area contributed by atoms with Crippen LogP contribution in [0.5, 0.6) is 0 Å². The van der Waals surface area contributed by atoms with Crippen molar-refractivity contribution in [2.24, 2.45) is 11.3 Å². The first kappa shape index (κ1) is 17.5. The number of hydrogen-bond donors (Lipinski definition) is 1. The van der Waals surface area contributed by atoms with Gasteiger partial charge in [0.2, 0.25) is 11.8 Å². The van der Waals surface area contributed by atoms with Gasteiger partial charge in [-0.25, -0.2) is 0 Å². The maximum absolute atomic E-state index is 12.3. The van der Waals surface area contributed by atoms with Crippen LogP contribution in [0.1, 0.15) is 50.7 Å². The molecule has 0 aromatic carbocycles. The molecule has 0 radical (unpaired) electrons. The number of carboxylic acid groups (broad SMARTS) is 1. The SMILES string of the molecule is CCc1noc(CN2CC3(CCN(C(=O)C4CC4)CC3)C[C@H]2C(=O)O)n1. The lowest BCUT2D eigenvalue weighted by Gasteiger charge is -2.39. The number of aromatic nitrogens is 2. The standard InChI is InChI=1S/C18H26N4O4/c1-2-14-19-15(26-20-14)10-22-11-18(9-13(22)17(24)25)5-7-21(8-6-18)16(23)12-3-4-12/h12-13H,2-11H2,1H3,(H,24,25)/t13-/m0/s1. The monoisotopic (exact) mass is 362 g/mol. The minimum absolute atomic E-state index is 0.0308. The summed E-state index contributed by atoms with van der Waals surface area (Å²) in [5.41, 5.74) is -0.0308. The van der Waals surface area contributed by atoms with Gasteiger partial charge in [-0.1, -0.05) is 12.1 Å². The second kappa shape index (κ2) is 6.64. The van der Waals surface area contributed by atoms with Crippen LogP contribution in [0.3, 0.4) is 0 Å². The van der Waals surface area contributed by atoms with E-state index in [0.717, 1.165) is 38.8 Å². The average Bonchev–Trinajstić information content (AvgIpc) is 3.29. The van der Waals surface area contributed by atoms with Gasteiger partial charge in [0.15, 0.2) is 5.82 Å². The molecule has 0 unspecified atom stereocenters.